The highest BCUT2D eigenvalue weighted by Crippen LogP contribution is 2.37. The molecule has 0 radical (unpaired) electrons. The quantitative estimate of drug-likeness (QED) is 0.0544. The van der Waals surface area contributed by atoms with Crippen LogP contribution in [0.2, 0.25) is 0 Å². The molecule has 3 aromatic carbocycles. The SMILES string of the molecule is COC(=O)C(Cc1ccccc1OCCCCCOc1cc(-c2ccc3c(c2)OCO3)cc(-c2ccccc2)n1)N(C=O)OC(C)(C)C. The maximum atomic E-state index is 12.6. The van der Waals surface area contributed by atoms with Gasteiger partial charge in [-0.3, -0.25) is 9.63 Å². The van der Waals surface area contributed by atoms with E-state index in [1.54, 1.807) is 20.8 Å². The monoisotopic (exact) mass is 654 g/mol. The molecule has 1 atom stereocenters. The number of esters is 1. The van der Waals surface area contributed by atoms with Crippen molar-refractivity contribution in [1.82, 2.24) is 10.0 Å². The Labute approximate surface area is 281 Å². The first-order valence-corrected chi connectivity index (χ1v) is 16.1. The molecule has 0 bridgehead atoms. The van der Waals surface area contributed by atoms with Gasteiger partial charge in [-0.25, -0.2) is 14.8 Å². The molecule has 1 aliphatic heterocycles. The smallest absolute Gasteiger partial charge is 0.331 e. The van der Waals surface area contributed by atoms with Crippen molar-refractivity contribution < 1.29 is 38.1 Å². The molecule has 252 valence electrons. The van der Waals surface area contributed by atoms with Crippen LogP contribution in [0.25, 0.3) is 22.4 Å². The van der Waals surface area contributed by atoms with Gasteiger partial charge in [0.05, 0.1) is 31.6 Å². The van der Waals surface area contributed by atoms with Crippen LogP contribution >= 0.6 is 0 Å². The topological polar surface area (TPSA) is 106 Å². The summed E-state index contributed by atoms with van der Waals surface area (Å²) in [6.45, 7) is 6.60. The van der Waals surface area contributed by atoms with Crippen molar-refractivity contribution >= 4 is 12.4 Å². The summed E-state index contributed by atoms with van der Waals surface area (Å²) in [6.07, 6.45) is 3.16. The van der Waals surface area contributed by atoms with Gasteiger partial charge in [-0.15, -0.1) is 0 Å². The zero-order chi connectivity index (χ0) is 33.9. The molecule has 4 aromatic rings. The predicted molar refractivity (Wildman–Crippen MR) is 181 cm³/mol. The molecule has 0 spiro atoms. The lowest BCUT2D eigenvalue weighted by Crippen LogP contribution is -2.46. The van der Waals surface area contributed by atoms with E-state index in [1.807, 2.05) is 78.9 Å². The van der Waals surface area contributed by atoms with Crippen LogP contribution < -0.4 is 18.9 Å². The number of hydroxylamine groups is 2. The Morgan fingerprint density at radius 1 is 0.854 bits per heavy atom. The lowest BCUT2D eigenvalue weighted by molar-refractivity contribution is -0.235. The molecule has 10 nitrogen and oxygen atoms in total. The molecule has 0 N–H and O–H groups in total. The van der Waals surface area contributed by atoms with Gasteiger partial charge in [-0.1, -0.05) is 54.6 Å². The highest BCUT2D eigenvalue weighted by atomic mass is 16.7. The summed E-state index contributed by atoms with van der Waals surface area (Å²) in [5.41, 5.74) is 3.87. The maximum absolute atomic E-state index is 12.6. The summed E-state index contributed by atoms with van der Waals surface area (Å²) in [5.74, 6) is 2.07. The number of amides is 1. The van der Waals surface area contributed by atoms with Gasteiger partial charge in [0.1, 0.15) is 5.75 Å². The van der Waals surface area contributed by atoms with Crippen LogP contribution in [0.1, 0.15) is 45.6 Å². The van der Waals surface area contributed by atoms with E-state index in [4.69, 9.17) is 33.5 Å². The van der Waals surface area contributed by atoms with Crippen LogP contribution in [-0.4, -0.2) is 61.2 Å². The minimum atomic E-state index is -0.965. The zero-order valence-corrected chi connectivity index (χ0v) is 27.8. The van der Waals surface area contributed by atoms with Crippen molar-refractivity contribution in [2.24, 2.45) is 0 Å². The first-order valence-electron chi connectivity index (χ1n) is 16.1. The van der Waals surface area contributed by atoms with Gasteiger partial charge < -0.3 is 23.7 Å². The number of nitrogens with zero attached hydrogens (tertiary/aromatic N) is 2. The molecule has 0 saturated carbocycles. The number of ether oxygens (including phenoxy) is 5. The van der Waals surface area contributed by atoms with E-state index in [1.165, 1.54) is 7.11 Å². The molecular weight excluding hydrogens is 612 g/mol. The Balaban J connectivity index is 1.16. The fraction of sp³-hybridized carbons (Fsp3) is 0.342. The van der Waals surface area contributed by atoms with Crippen molar-refractivity contribution in [3.8, 4) is 45.5 Å². The van der Waals surface area contributed by atoms with Gasteiger partial charge in [0.25, 0.3) is 0 Å². The predicted octanol–water partition coefficient (Wildman–Crippen LogP) is 7.05. The first kappa shape index (κ1) is 34.3. The van der Waals surface area contributed by atoms with Crippen molar-refractivity contribution in [2.75, 3.05) is 27.1 Å². The summed E-state index contributed by atoms with van der Waals surface area (Å²) in [6, 6.07) is 26.4. The van der Waals surface area contributed by atoms with Crippen LogP contribution in [0.5, 0.6) is 23.1 Å². The van der Waals surface area contributed by atoms with Gasteiger partial charge in [0.15, 0.2) is 17.5 Å². The highest BCUT2D eigenvalue weighted by molar-refractivity contribution is 5.78. The van der Waals surface area contributed by atoms with E-state index in [9.17, 15) is 9.59 Å². The summed E-state index contributed by atoms with van der Waals surface area (Å²) >= 11 is 0. The molecule has 1 unspecified atom stereocenters. The number of rotatable bonds is 16. The van der Waals surface area contributed by atoms with Crippen molar-refractivity contribution in [2.45, 2.75) is 58.1 Å². The van der Waals surface area contributed by atoms with E-state index in [2.05, 4.69) is 6.07 Å². The molecular formula is C38H42N2O8. The van der Waals surface area contributed by atoms with Crippen LogP contribution in [0.4, 0.5) is 0 Å². The fourth-order valence-corrected chi connectivity index (χ4v) is 5.23. The van der Waals surface area contributed by atoms with E-state index in [0.717, 1.165) is 63.8 Å². The summed E-state index contributed by atoms with van der Waals surface area (Å²) in [7, 11) is 1.29. The summed E-state index contributed by atoms with van der Waals surface area (Å²) in [5, 5.41) is 1.02. The van der Waals surface area contributed by atoms with Crippen LogP contribution in [0.15, 0.2) is 84.9 Å². The van der Waals surface area contributed by atoms with E-state index < -0.39 is 17.6 Å². The molecule has 1 aromatic heterocycles. The average Bonchev–Trinajstić information content (AvgIpc) is 3.57. The van der Waals surface area contributed by atoms with E-state index in [0.29, 0.717) is 31.3 Å². The van der Waals surface area contributed by atoms with Gasteiger partial charge >= 0.3 is 5.97 Å². The highest BCUT2D eigenvalue weighted by Gasteiger charge is 2.31. The molecule has 2 heterocycles. The minimum absolute atomic E-state index is 0.175. The number of para-hydroxylation sites is 1. The molecule has 1 aliphatic rings. The normalized spacial score (nSPS) is 12.7. The van der Waals surface area contributed by atoms with Crippen LogP contribution in [0, 0.1) is 0 Å². The van der Waals surface area contributed by atoms with Gasteiger partial charge in [-0.05, 0) is 81.0 Å². The number of hydrogen-bond acceptors (Lipinski definition) is 9. The number of carbonyl (C=O) groups excluding carboxylic acids is 2. The third kappa shape index (κ3) is 9.25. The second-order valence-corrected chi connectivity index (χ2v) is 12.3. The molecule has 5 rings (SSSR count). The summed E-state index contributed by atoms with van der Waals surface area (Å²) < 4.78 is 28.3. The third-order valence-corrected chi connectivity index (χ3v) is 7.52. The lowest BCUT2D eigenvalue weighted by atomic mass is 10.0. The second kappa shape index (κ2) is 16.1. The van der Waals surface area contributed by atoms with Crippen molar-refractivity contribution in [3.63, 3.8) is 0 Å². The van der Waals surface area contributed by atoms with Gasteiger partial charge in [0.2, 0.25) is 19.1 Å². The Bertz CT molecular complexity index is 1670. The third-order valence-electron chi connectivity index (χ3n) is 7.52. The Hall–Kier alpha value is -5.09. The number of benzene rings is 3. The minimum Gasteiger partial charge on any atom is -0.493 e. The molecule has 10 heteroatoms. The average molecular weight is 655 g/mol. The molecule has 0 saturated heterocycles. The van der Waals surface area contributed by atoms with Crippen LogP contribution in [-0.2, 0) is 25.6 Å². The van der Waals surface area contributed by atoms with E-state index in [-0.39, 0.29) is 13.2 Å². The summed E-state index contributed by atoms with van der Waals surface area (Å²) in [4.78, 5) is 35.0. The number of methoxy groups -OCH3 is 1. The Kier molecular flexibility index (Phi) is 11.5. The van der Waals surface area contributed by atoms with Gasteiger partial charge in [0, 0.05) is 18.1 Å². The standard InChI is InChI=1S/C38H42N2O8/c1-38(2,3)48-40(25-41)32(37(42)43-4)22-29-15-9-10-16-33(29)44-19-11-6-12-20-45-36-24-30(21-31(39-36)27-13-7-5-8-14-27)28-17-18-34-35(23-28)47-26-46-34/h5,7-10,13-18,21,23-25,32H,6,11-12,19-20,22,26H2,1-4H3. The Morgan fingerprint density at radius 3 is 2.33 bits per heavy atom. The number of fused-ring (bicyclic) bond motifs is 1. The van der Waals surface area contributed by atoms with E-state index >= 15 is 0 Å². The number of pyridine rings is 1. The zero-order valence-electron chi connectivity index (χ0n) is 27.8. The largest absolute Gasteiger partial charge is 0.493 e. The second-order valence-electron chi connectivity index (χ2n) is 12.3. The molecule has 1 amide bonds. The first-order chi connectivity index (χ1) is 23.2. The molecule has 0 fully saturated rings. The molecule has 0 aliphatic carbocycles. The number of aromatic nitrogens is 1. The maximum Gasteiger partial charge on any atom is 0.331 e. The Morgan fingerprint density at radius 2 is 1.58 bits per heavy atom. The van der Waals surface area contributed by atoms with Crippen LogP contribution in [0.3, 0.4) is 0 Å². The number of hydrogen-bond donors (Lipinski definition) is 0. The molecule has 48 heavy (non-hydrogen) atoms. The fourth-order valence-electron chi connectivity index (χ4n) is 5.23. The number of carbonyl (C=O) groups is 2. The number of unbranched alkanes of at least 4 members (excludes halogenated alkanes) is 2. The lowest BCUT2D eigenvalue weighted by Gasteiger charge is -2.31. The van der Waals surface area contributed by atoms with Crippen molar-refractivity contribution in [1.29, 1.82) is 0 Å². The van der Waals surface area contributed by atoms with Crippen molar-refractivity contribution in [3.05, 3.63) is 90.5 Å². The van der Waals surface area contributed by atoms with Gasteiger partial charge in [-0.2, -0.15) is 0 Å².